The lowest BCUT2D eigenvalue weighted by Crippen LogP contribution is -2.41. The van der Waals surface area contributed by atoms with Gasteiger partial charge in [-0.05, 0) is 49.9 Å². The predicted molar refractivity (Wildman–Crippen MR) is 85.0 cm³/mol. The van der Waals surface area contributed by atoms with Crippen LogP contribution in [0.25, 0.3) is 0 Å². The van der Waals surface area contributed by atoms with E-state index in [4.69, 9.17) is 5.11 Å². The Labute approximate surface area is 136 Å². The fourth-order valence-corrected chi connectivity index (χ4v) is 4.44. The van der Waals surface area contributed by atoms with Crippen molar-refractivity contribution < 1.29 is 23.1 Å². The maximum absolute atomic E-state index is 12.8. The van der Waals surface area contributed by atoms with Gasteiger partial charge in [0.15, 0.2) is 5.78 Å². The van der Waals surface area contributed by atoms with Crippen LogP contribution in [0.15, 0.2) is 23.1 Å². The molecule has 0 bridgehead atoms. The number of carbonyl (C=O) groups excluding carboxylic acids is 1. The van der Waals surface area contributed by atoms with Crippen molar-refractivity contribution in [1.29, 1.82) is 0 Å². The highest BCUT2D eigenvalue weighted by molar-refractivity contribution is 7.89. The van der Waals surface area contributed by atoms with Crippen molar-refractivity contribution in [3.05, 3.63) is 29.3 Å². The van der Waals surface area contributed by atoms with Crippen LogP contribution in [-0.2, 0) is 21.2 Å². The van der Waals surface area contributed by atoms with Gasteiger partial charge in [-0.3, -0.25) is 9.59 Å². The van der Waals surface area contributed by atoms with Crippen LogP contribution in [0.3, 0.4) is 0 Å². The van der Waals surface area contributed by atoms with E-state index in [1.165, 1.54) is 12.1 Å². The largest absolute Gasteiger partial charge is 0.480 e. The van der Waals surface area contributed by atoms with Gasteiger partial charge < -0.3 is 5.11 Å². The minimum atomic E-state index is -3.92. The first-order chi connectivity index (χ1) is 10.8. The lowest BCUT2D eigenvalue weighted by Gasteiger charge is -2.26. The molecule has 2 rings (SSSR count). The van der Waals surface area contributed by atoms with Crippen molar-refractivity contribution in [2.45, 2.75) is 50.5 Å². The summed E-state index contributed by atoms with van der Waals surface area (Å²) in [6.45, 7) is 2.91. The zero-order chi connectivity index (χ0) is 17.2. The van der Waals surface area contributed by atoms with E-state index >= 15 is 0 Å². The average Bonchev–Trinajstić information content (AvgIpc) is 2.51. The summed E-state index contributed by atoms with van der Waals surface area (Å²) in [5, 5.41) is 9.01. The molecule has 1 atom stereocenters. The van der Waals surface area contributed by atoms with Crippen molar-refractivity contribution in [3.8, 4) is 0 Å². The van der Waals surface area contributed by atoms with Gasteiger partial charge in [-0.1, -0.05) is 6.92 Å². The highest BCUT2D eigenvalue weighted by Crippen LogP contribution is 2.26. The number of nitrogens with zero attached hydrogens (tertiary/aromatic N) is 1. The summed E-state index contributed by atoms with van der Waals surface area (Å²) < 4.78 is 26.6. The number of rotatable bonds is 6. The Morgan fingerprint density at radius 3 is 2.65 bits per heavy atom. The van der Waals surface area contributed by atoms with Gasteiger partial charge in [0.2, 0.25) is 10.0 Å². The molecule has 126 valence electrons. The van der Waals surface area contributed by atoms with Crippen molar-refractivity contribution in [1.82, 2.24) is 4.31 Å². The molecule has 0 aromatic heterocycles. The number of carbonyl (C=O) groups is 2. The number of hydrogen-bond donors (Lipinski definition) is 1. The minimum absolute atomic E-state index is 0.0273. The van der Waals surface area contributed by atoms with E-state index in [9.17, 15) is 18.0 Å². The SMILES string of the molecule is CCC(C)N(CC(=O)O)S(=O)(=O)c1ccc2c(c1)CCCC2=O. The van der Waals surface area contributed by atoms with Gasteiger partial charge in [-0.2, -0.15) is 4.31 Å². The van der Waals surface area contributed by atoms with E-state index in [1.807, 2.05) is 0 Å². The standard InChI is InChI=1S/C16H21NO5S/c1-3-11(2)17(10-16(19)20)23(21,22)13-7-8-14-12(9-13)5-4-6-15(14)18/h7-9,11H,3-6,10H2,1-2H3,(H,19,20). The monoisotopic (exact) mass is 339 g/mol. The number of carboxylic acid groups (broad SMARTS) is 1. The van der Waals surface area contributed by atoms with Crippen LogP contribution in [0.2, 0.25) is 0 Å². The van der Waals surface area contributed by atoms with Gasteiger partial charge in [0.1, 0.15) is 6.54 Å². The molecule has 0 saturated heterocycles. The second-order valence-corrected chi connectivity index (χ2v) is 7.69. The second kappa shape index (κ2) is 6.80. The van der Waals surface area contributed by atoms with Crippen LogP contribution in [0.1, 0.15) is 49.0 Å². The lowest BCUT2D eigenvalue weighted by atomic mass is 9.91. The molecule has 7 heteroatoms. The Morgan fingerprint density at radius 1 is 1.35 bits per heavy atom. The van der Waals surface area contributed by atoms with Gasteiger partial charge in [0.05, 0.1) is 4.90 Å². The zero-order valence-corrected chi connectivity index (χ0v) is 14.1. The minimum Gasteiger partial charge on any atom is -0.480 e. The molecule has 0 saturated carbocycles. The summed E-state index contributed by atoms with van der Waals surface area (Å²) in [5.41, 5.74) is 1.30. The summed E-state index contributed by atoms with van der Waals surface area (Å²) in [6.07, 6.45) is 2.36. The molecule has 1 aliphatic carbocycles. The molecule has 1 aromatic rings. The van der Waals surface area contributed by atoms with Crippen LogP contribution in [0.4, 0.5) is 0 Å². The van der Waals surface area contributed by atoms with Crippen LogP contribution in [-0.4, -0.2) is 42.2 Å². The molecule has 0 aliphatic heterocycles. The molecular formula is C16H21NO5S. The quantitative estimate of drug-likeness (QED) is 0.857. The number of carboxylic acids is 1. The van der Waals surface area contributed by atoms with E-state index in [0.717, 1.165) is 9.87 Å². The van der Waals surface area contributed by atoms with Crippen molar-refractivity contribution in [3.63, 3.8) is 0 Å². The third-order valence-corrected chi connectivity index (χ3v) is 6.16. The first kappa shape index (κ1) is 17.6. The van der Waals surface area contributed by atoms with E-state index in [-0.39, 0.29) is 10.7 Å². The first-order valence-electron chi connectivity index (χ1n) is 7.67. The van der Waals surface area contributed by atoms with Gasteiger partial charge in [-0.15, -0.1) is 0 Å². The molecule has 1 unspecified atom stereocenters. The number of benzene rings is 1. The molecule has 0 fully saturated rings. The molecule has 1 aliphatic rings. The Kier molecular flexibility index (Phi) is 5.21. The topological polar surface area (TPSA) is 91.8 Å². The van der Waals surface area contributed by atoms with Crippen molar-refractivity contribution in [2.75, 3.05) is 6.54 Å². The molecule has 0 amide bonds. The summed E-state index contributed by atoms with van der Waals surface area (Å²) in [4.78, 5) is 22.9. The maximum Gasteiger partial charge on any atom is 0.318 e. The normalized spacial score (nSPS) is 16.2. The molecular weight excluding hydrogens is 318 g/mol. The number of aliphatic carboxylic acids is 1. The van der Waals surface area contributed by atoms with Gasteiger partial charge >= 0.3 is 5.97 Å². The maximum atomic E-state index is 12.8. The average molecular weight is 339 g/mol. The fraction of sp³-hybridized carbons (Fsp3) is 0.500. The van der Waals surface area contributed by atoms with Gasteiger partial charge in [-0.25, -0.2) is 8.42 Å². The van der Waals surface area contributed by atoms with Crippen molar-refractivity contribution in [2.24, 2.45) is 0 Å². The molecule has 1 aromatic carbocycles. The Bertz CT molecular complexity index is 726. The van der Waals surface area contributed by atoms with Gasteiger partial charge in [0.25, 0.3) is 0 Å². The third-order valence-electron chi connectivity index (χ3n) is 4.21. The van der Waals surface area contributed by atoms with E-state index in [2.05, 4.69) is 0 Å². The lowest BCUT2D eigenvalue weighted by molar-refractivity contribution is -0.137. The zero-order valence-electron chi connectivity index (χ0n) is 13.3. The molecule has 1 N–H and O–H groups in total. The van der Waals surface area contributed by atoms with Crippen molar-refractivity contribution >= 4 is 21.8 Å². The molecule has 6 nitrogen and oxygen atoms in total. The van der Waals surface area contributed by atoms with Crippen LogP contribution < -0.4 is 0 Å². The summed E-state index contributed by atoms with van der Waals surface area (Å²) >= 11 is 0. The Hall–Kier alpha value is -1.73. The number of fused-ring (bicyclic) bond motifs is 1. The highest BCUT2D eigenvalue weighted by atomic mass is 32.2. The van der Waals surface area contributed by atoms with Crippen LogP contribution in [0.5, 0.6) is 0 Å². The number of aryl methyl sites for hydroxylation is 1. The molecule has 23 heavy (non-hydrogen) atoms. The summed E-state index contributed by atoms with van der Waals surface area (Å²) in [6, 6.07) is 4.03. The van der Waals surface area contributed by atoms with E-state index < -0.39 is 28.6 Å². The summed E-state index contributed by atoms with van der Waals surface area (Å²) in [7, 11) is -3.92. The Morgan fingerprint density at radius 2 is 2.04 bits per heavy atom. The molecule has 0 spiro atoms. The third kappa shape index (κ3) is 3.61. The second-order valence-electron chi connectivity index (χ2n) is 5.80. The molecule has 0 heterocycles. The Balaban J connectivity index is 2.45. The number of hydrogen-bond acceptors (Lipinski definition) is 4. The van der Waals surface area contributed by atoms with Gasteiger partial charge in [0, 0.05) is 18.0 Å². The summed E-state index contributed by atoms with van der Waals surface area (Å²) in [5.74, 6) is -1.17. The smallest absolute Gasteiger partial charge is 0.318 e. The predicted octanol–water partition coefficient (Wildman–Crippen LogP) is 2.08. The van der Waals surface area contributed by atoms with E-state index in [0.29, 0.717) is 31.2 Å². The number of sulfonamides is 1. The molecule has 0 radical (unpaired) electrons. The first-order valence-corrected chi connectivity index (χ1v) is 9.11. The highest BCUT2D eigenvalue weighted by Gasteiger charge is 2.31. The van der Waals surface area contributed by atoms with E-state index in [1.54, 1.807) is 19.9 Å². The number of ketones is 1. The van der Waals surface area contributed by atoms with Crippen LogP contribution >= 0.6 is 0 Å². The number of Topliss-reactive ketones (excluding diaryl/α,β-unsaturated/α-hetero) is 1. The fourth-order valence-electron chi connectivity index (χ4n) is 2.73. The van der Waals surface area contributed by atoms with Crippen LogP contribution in [0, 0.1) is 0 Å².